The molecule has 1 aromatic carbocycles. The minimum atomic E-state index is -0.426. The van der Waals surface area contributed by atoms with Gasteiger partial charge in [0.2, 0.25) is 0 Å². The number of rotatable bonds is 7. The molecule has 7 nitrogen and oxygen atoms in total. The summed E-state index contributed by atoms with van der Waals surface area (Å²) in [5.74, 6) is 1.56. The maximum atomic E-state index is 10.8. The first-order valence-corrected chi connectivity index (χ1v) is 9.11. The van der Waals surface area contributed by atoms with Gasteiger partial charge in [-0.1, -0.05) is 19.8 Å². The van der Waals surface area contributed by atoms with Gasteiger partial charge in [0.05, 0.1) is 11.0 Å². The Kier molecular flexibility index (Phi) is 5.78. The number of aliphatic hydroxyl groups is 1. The molecule has 7 heteroatoms. The van der Waals surface area contributed by atoms with Gasteiger partial charge >= 0.3 is 0 Å². The largest absolute Gasteiger partial charge is 0.391 e. The van der Waals surface area contributed by atoms with Gasteiger partial charge in [-0.3, -0.25) is 10.1 Å². The van der Waals surface area contributed by atoms with Crippen LogP contribution in [0.5, 0.6) is 0 Å². The number of aliphatic hydroxyl groups excluding tert-OH is 1. The van der Waals surface area contributed by atoms with Crippen molar-refractivity contribution in [2.45, 2.75) is 45.1 Å². The van der Waals surface area contributed by atoms with E-state index in [1.807, 2.05) is 13.0 Å². The zero-order valence-electron chi connectivity index (χ0n) is 14.9. The van der Waals surface area contributed by atoms with Crippen molar-refractivity contribution in [1.29, 1.82) is 0 Å². The van der Waals surface area contributed by atoms with Gasteiger partial charge in [0.15, 0.2) is 5.82 Å². The number of nitro benzene ring substituents is 1. The molecule has 1 atom stereocenters. The van der Waals surface area contributed by atoms with Crippen LogP contribution in [0.3, 0.4) is 0 Å². The quantitative estimate of drug-likeness (QED) is 0.581. The summed E-state index contributed by atoms with van der Waals surface area (Å²) in [7, 11) is 0. The fourth-order valence-corrected chi connectivity index (χ4v) is 3.35. The molecule has 1 saturated carbocycles. The lowest BCUT2D eigenvalue weighted by molar-refractivity contribution is -0.384. The van der Waals surface area contributed by atoms with Crippen LogP contribution in [0.2, 0.25) is 0 Å². The zero-order valence-corrected chi connectivity index (χ0v) is 14.9. The molecule has 0 spiro atoms. The SMILES string of the molecule is CCc1cc(NCC(O)C2CCCC2)nc(-c2ccc([N+](=O)[O-])cc2)n1. The maximum absolute atomic E-state index is 10.8. The van der Waals surface area contributed by atoms with Crippen LogP contribution in [0, 0.1) is 16.0 Å². The molecule has 0 amide bonds. The van der Waals surface area contributed by atoms with Crippen LogP contribution < -0.4 is 5.32 Å². The van der Waals surface area contributed by atoms with Crippen molar-refractivity contribution < 1.29 is 10.0 Å². The molecule has 0 saturated heterocycles. The summed E-state index contributed by atoms with van der Waals surface area (Å²) in [5, 5.41) is 24.4. The average Bonchev–Trinajstić information content (AvgIpc) is 3.20. The number of nitrogens with zero attached hydrogens (tertiary/aromatic N) is 3. The molecular weight excluding hydrogens is 332 g/mol. The third-order valence-electron chi connectivity index (χ3n) is 4.91. The molecule has 2 aromatic rings. The molecule has 0 radical (unpaired) electrons. The summed E-state index contributed by atoms with van der Waals surface area (Å²) in [5.41, 5.74) is 1.65. The van der Waals surface area contributed by atoms with Gasteiger partial charge in [0.25, 0.3) is 5.69 Å². The van der Waals surface area contributed by atoms with Crippen molar-refractivity contribution in [3.8, 4) is 11.4 Å². The Hall–Kier alpha value is -2.54. The van der Waals surface area contributed by atoms with Crippen LogP contribution in [0.25, 0.3) is 11.4 Å². The van der Waals surface area contributed by atoms with Crippen molar-refractivity contribution >= 4 is 11.5 Å². The van der Waals surface area contributed by atoms with E-state index in [1.54, 1.807) is 12.1 Å². The lowest BCUT2D eigenvalue weighted by Crippen LogP contribution is -2.27. The number of hydrogen-bond acceptors (Lipinski definition) is 6. The highest BCUT2D eigenvalue weighted by molar-refractivity contribution is 5.59. The molecule has 0 bridgehead atoms. The predicted molar refractivity (Wildman–Crippen MR) is 100.0 cm³/mol. The molecule has 0 aliphatic heterocycles. The van der Waals surface area contributed by atoms with E-state index in [0.29, 0.717) is 24.1 Å². The van der Waals surface area contributed by atoms with Gasteiger partial charge in [-0.25, -0.2) is 9.97 Å². The second-order valence-electron chi connectivity index (χ2n) is 6.72. The van der Waals surface area contributed by atoms with Crippen LogP contribution >= 0.6 is 0 Å². The van der Waals surface area contributed by atoms with E-state index in [2.05, 4.69) is 15.3 Å². The Morgan fingerprint density at radius 3 is 2.58 bits per heavy atom. The standard InChI is InChI=1S/C19H24N4O3/c1-2-15-11-18(20-12-17(24)13-5-3-4-6-13)22-19(21-15)14-7-9-16(10-8-14)23(25)26/h7-11,13,17,24H,2-6,12H2,1H3,(H,20,21,22). The van der Waals surface area contributed by atoms with E-state index in [0.717, 1.165) is 30.5 Å². The van der Waals surface area contributed by atoms with Gasteiger partial charge in [-0.05, 0) is 37.3 Å². The summed E-state index contributed by atoms with van der Waals surface area (Å²) in [4.78, 5) is 19.4. The van der Waals surface area contributed by atoms with E-state index < -0.39 is 4.92 Å². The minimum Gasteiger partial charge on any atom is -0.391 e. The number of non-ortho nitro benzene ring substituents is 1. The molecule has 1 heterocycles. The number of nitrogens with one attached hydrogen (secondary N) is 1. The second kappa shape index (κ2) is 8.23. The Morgan fingerprint density at radius 1 is 1.27 bits per heavy atom. The van der Waals surface area contributed by atoms with E-state index in [1.165, 1.54) is 25.0 Å². The van der Waals surface area contributed by atoms with E-state index in [4.69, 9.17) is 0 Å². The second-order valence-corrected chi connectivity index (χ2v) is 6.72. The van der Waals surface area contributed by atoms with Crippen LogP contribution in [0.15, 0.2) is 30.3 Å². The third kappa shape index (κ3) is 4.35. The van der Waals surface area contributed by atoms with Crippen molar-refractivity contribution in [2.75, 3.05) is 11.9 Å². The van der Waals surface area contributed by atoms with Crippen LogP contribution in [0.1, 0.15) is 38.3 Å². The Balaban J connectivity index is 1.76. The number of nitro groups is 1. The summed E-state index contributed by atoms with van der Waals surface area (Å²) < 4.78 is 0. The van der Waals surface area contributed by atoms with Crippen LogP contribution in [-0.2, 0) is 6.42 Å². The molecular formula is C19H24N4O3. The highest BCUT2D eigenvalue weighted by atomic mass is 16.6. The first-order valence-electron chi connectivity index (χ1n) is 9.11. The van der Waals surface area contributed by atoms with E-state index in [9.17, 15) is 15.2 Å². The van der Waals surface area contributed by atoms with Crippen molar-refractivity contribution in [1.82, 2.24) is 9.97 Å². The number of aromatic nitrogens is 2. The maximum Gasteiger partial charge on any atom is 0.269 e. The summed E-state index contributed by atoms with van der Waals surface area (Å²) in [6.45, 7) is 2.48. The van der Waals surface area contributed by atoms with Crippen molar-refractivity contribution in [3.63, 3.8) is 0 Å². The Morgan fingerprint density at radius 2 is 1.96 bits per heavy atom. The number of aryl methyl sites for hydroxylation is 1. The van der Waals surface area contributed by atoms with Crippen molar-refractivity contribution in [3.05, 3.63) is 46.1 Å². The molecule has 138 valence electrons. The normalized spacial score (nSPS) is 15.8. The number of anilines is 1. The minimum absolute atomic E-state index is 0.0402. The van der Waals surface area contributed by atoms with Crippen LogP contribution in [-0.4, -0.2) is 32.6 Å². The molecule has 1 fully saturated rings. The van der Waals surface area contributed by atoms with Gasteiger partial charge in [-0.15, -0.1) is 0 Å². The fraction of sp³-hybridized carbons (Fsp3) is 0.474. The average molecular weight is 356 g/mol. The predicted octanol–water partition coefficient (Wildman–Crippen LogP) is 3.58. The molecule has 1 aliphatic carbocycles. The number of benzene rings is 1. The lowest BCUT2D eigenvalue weighted by atomic mass is 10.0. The molecule has 1 unspecified atom stereocenters. The summed E-state index contributed by atoms with van der Waals surface area (Å²) in [6.07, 6.45) is 4.93. The Bertz CT molecular complexity index is 758. The molecule has 26 heavy (non-hydrogen) atoms. The highest BCUT2D eigenvalue weighted by Gasteiger charge is 2.23. The van der Waals surface area contributed by atoms with Crippen LogP contribution in [0.4, 0.5) is 11.5 Å². The van der Waals surface area contributed by atoms with Gasteiger partial charge in [0.1, 0.15) is 5.82 Å². The first kappa shape index (κ1) is 18.3. The van der Waals surface area contributed by atoms with Gasteiger partial charge < -0.3 is 10.4 Å². The molecule has 2 N–H and O–H groups in total. The first-order chi connectivity index (χ1) is 12.6. The van der Waals surface area contributed by atoms with Crippen molar-refractivity contribution in [2.24, 2.45) is 5.92 Å². The number of hydrogen-bond donors (Lipinski definition) is 2. The Labute approximate surface area is 152 Å². The monoisotopic (exact) mass is 356 g/mol. The fourth-order valence-electron chi connectivity index (χ4n) is 3.35. The summed E-state index contributed by atoms with van der Waals surface area (Å²) >= 11 is 0. The molecule has 3 rings (SSSR count). The van der Waals surface area contributed by atoms with E-state index >= 15 is 0 Å². The van der Waals surface area contributed by atoms with E-state index in [-0.39, 0.29) is 11.8 Å². The smallest absolute Gasteiger partial charge is 0.269 e. The third-order valence-corrected chi connectivity index (χ3v) is 4.91. The molecule has 1 aliphatic rings. The lowest BCUT2D eigenvalue weighted by Gasteiger charge is -2.18. The van der Waals surface area contributed by atoms with Gasteiger partial charge in [0, 0.05) is 36.0 Å². The molecule has 1 aromatic heterocycles. The highest BCUT2D eigenvalue weighted by Crippen LogP contribution is 2.28. The zero-order chi connectivity index (χ0) is 18.5. The topological polar surface area (TPSA) is 101 Å². The summed E-state index contributed by atoms with van der Waals surface area (Å²) in [6, 6.07) is 8.10. The van der Waals surface area contributed by atoms with Gasteiger partial charge in [-0.2, -0.15) is 0 Å².